The predicted molar refractivity (Wildman–Crippen MR) is 111 cm³/mol. The third kappa shape index (κ3) is 6.05. The van der Waals surface area contributed by atoms with E-state index in [-0.39, 0.29) is 27.6 Å². The Bertz CT molecular complexity index is 935. The Kier molecular flexibility index (Phi) is 7.39. The monoisotopic (exact) mass is 419 g/mol. The van der Waals surface area contributed by atoms with E-state index in [9.17, 15) is 14.4 Å². The van der Waals surface area contributed by atoms with Crippen LogP contribution in [0.15, 0.2) is 22.6 Å². The number of nitrogens with one attached hydrogen (secondary N) is 1. The second-order valence-electron chi connectivity index (χ2n) is 6.94. The largest absolute Gasteiger partial charge is 0.462 e. The van der Waals surface area contributed by atoms with Crippen molar-refractivity contribution in [1.82, 2.24) is 0 Å². The summed E-state index contributed by atoms with van der Waals surface area (Å²) in [6.45, 7) is 10.3. The quantitative estimate of drug-likeness (QED) is 0.514. The van der Waals surface area contributed by atoms with Crippen molar-refractivity contribution < 1.29 is 28.3 Å². The van der Waals surface area contributed by atoms with Crippen LogP contribution in [-0.2, 0) is 14.3 Å². The molecule has 2 aromatic rings. The summed E-state index contributed by atoms with van der Waals surface area (Å²) in [4.78, 5) is 37.6. The standard InChI is InChI=1S/C21H25NO6S/c1-11(2)26-20(24)17-14(6)18(21(25)27-12(3)4)29-19(17)22-16(23)10-9-15-8-7-13(5)28-15/h7-12H,1-6H3,(H,22,23). The fourth-order valence-electron chi connectivity index (χ4n) is 2.44. The molecule has 1 amide bonds. The molecule has 0 unspecified atom stereocenters. The lowest BCUT2D eigenvalue weighted by atomic mass is 10.1. The van der Waals surface area contributed by atoms with E-state index in [0.29, 0.717) is 11.3 Å². The fourth-order valence-corrected chi connectivity index (χ4v) is 3.52. The van der Waals surface area contributed by atoms with Gasteiger partial charge in [-0.3, -0.25) is 4.79 Å². The van der Waals surface area contributed by atoms with E-state index in [1.165, 1.54) is 12.2 Å². The lowest BCUT2D eigenvalue weighted by Gasteiger charge is -2.10. The van der Waals surface area contributed by atoms with Crippen molar-refractivity contribution in [2.24, 2.45) is 0 Å². The van der Waals surface area contributed by atoms with E-state index < -0.39 is 17.8 Å². The summed E-state index contributed by atoms with van der Waals surface area (Å²) in [5.41, 5.74) is 0.558. The normalized spacial score (nSPS) is 11.3. The number of ether oxygens (including phenoxy) is 2. The molecule has 0 aliphatic rings. The number of amides is 1. The van der Waals surface area contributed by atoms with Crippen LogP contribution in [0, 0.1) is 13.8 Å². The molecular formula is C21H25NO6S. The van der Waals surface area contributed by atoms with Gasteiger partial charge in [0.25, 0.3) is 0 Å². The molecule has 0 aromatic carbocycles. The average Bonchev–Trinajstić information content (AvgIpc) is 3.15. The molecule has 2 heterocycles. The zero-order valence-electron chi connectivity index (χ0n) is 17.3. The Morgan fingerprint density at radius 3 is 2.21 bits per heavy atom. The van der Waals surface area contributed by atoms with Crippen molar-refractivity contribution in [2.45, 2.75) is 53.8 Å². The third-order valence-electron chi connectivity index (χ3n) is 3.62. The topological polar surface area (TPSA) is 94.8 Å². The van der Waals surface area contributed by atoms with E-state index in [1.807, 2.05) is 0 Å². The molecule has 0 aliphatic heterocycles. The summed E-state index contributed by atoms with van der Waals surface area (Å²) in [5.74, 6) is -0.379. The van der Waals surface area contributed by atoms with Crippen molar-refractivity contribution in [3.05, 3.63) is 45.7 Å². The maximum absolute atomic E-state index is 12.6. The highest BCUT2D eigenvalue weighted by Crippen LogP contribution is 2.34. The minimum atomic E-state index is -0.613. The van der Waals surface area contributed by atoms with Crippen molar-refractivity contribution in [3.63, 3.8) is 0 Å². The first-order valence-electron chi connectivity index (χ1n) is 9.19. The summed E-state index contributed by atoms with van der Waals surface area (Å²) < 4.78 is 15.9. The molecule has 2 aromatic heterocycles. The van der Waals surface area contributed by atoms with Crippen LogP contribution in [0.4, 0.5) is 5.00 Å². The smallest absolute Gasteiger partial charge is 0.348 e. The van der Waals surface area contributed by atoms with Crippen LogP contribution in [0.25, 0.3) is 6.08 Å². The lowest BCUT2D eigenvalue weighted by Crippen LogP contribution is -2.16. The van der Waals surface area contributed by atoms with Crippen LogP contribution in [-0.4, -0.2) is 30.1 Å². The van der Waals surface area contributed by atoms with E-state index >= 15 is 0 Å². The number of aryl methyl sites for hydroxylation is 1. The number of furan rings is 1. The van der Waals surface area contributed by atoms with Gasteiger partial charge in [-0.25, -0.2) is 9.59 Å². The van der Waals surface area contributed by atoms with Gasteiger partial charge in [-0.1, -0.05) is 0 Å². The van der Waals surface area contributed by atoms with Crippen molar-refractivity contribution in [1.29, 1.82) is 0 Å². The zero-order valence-corrected chi connectivity index (χ0v) is 18.1. The van der Waals surface area contributed by atoms with Gasteiger partial charge in [-0.15, -0.1) is 11.3 Å². The Labute approximate surface area is 173 Å². The number of hydrogen-bond donors (Lipinski definition) is 1. The second kappa shape index (κ2) is 9.56. The van der Waals surface area contributed by atoms with E-state index in [1.54, 1.807) is 53.7 Å². The number of anilines is 1. The molecule has 0 spiro atoms. The number of thiophene rings is 1. The highest BCUT2D eigenvalue weighted by Gasteiger charge is 2.28. The van der Waals surface area contributed by atoms with Gasteiger partial charge in [0.2, 0.25) is 5.91 Å². The van der Waals surface area contributed by atoms with E-state index in [2.05, 4.69) is 5.32 Å². The Morgan fingerprint density at radius 1 is 1.03 bits per heavy atom. The second-order valence-corrected chi connectivity index (χ2v) is 7.96. The van der Waals surface area contributed by atoms with Crippen LogP contribution >= 0.6 is 11.3 Å². The zero-order chi connectivity index (χ0) is 21.7. The molecule has 156 valence electrons. The predicted octanol–water partition coefficient (Wildman–Crippen LogP) is 4.74. The van der Waals surface area contributed by atoms with E-state index in [0.717, 1.165) is 17.1 Å². The molecule has 1 N–H and O–H groups in total. The highest BCUT2D eigenvalue weighted by molar-refractivity contribution is 7.18. The average molecular weight is 419 g/mol. The number of carbonyl (C=O) groups is 3. The van der Waals surface area contributed by atoms with Crippen molar-refractivity contribution >= 4 is 40.3 Å². The Hall–Kier alpha value is -2.87. The van der Waals surface area contributed by atoms with E-state index in [4.69, 9.17) is 13.9 Å². The molecule has 0 saturated carbocycles. The van der Waals surface area contributed by atoms with Gasteiger partial charge in [-0.2, -0.15) is 0 Å². The van der Waals surface area contributed by atoms with Crippen LogP contribution in [0.1, 0.15) is 64.8 Å². The van der Waals surface area contributed by atoms with Gasteiger partial charge in [0.05, 0.1) is 17.8 Å². The summed E-state index contributed by atoms with van der Waals surface area (Å²) in [7, 11) is 0. The summed E-state index contributed by atoms with van der Waals surface area (Å²) >= 11 is 0.981. The summed E-state index contributed by atoms with van der Waals surface area (Å²) in [6.07, 6.45) is 2.14. The molecule has 0 saturated heterocycles. The number of rotatable bonds is 7. The van der Waals surface area contributed by atoms with Gasteiger partial charge in [-0.05, 0) is 65.3 Å². The summed E-state index contributed by atoms with van der Waals surface area (Å²) in [5, 5.41) is 2.88. The molecule has 2 rings (SSSR count). The number of carbonyl (C=O) groups excluding carboxylic acids is 3. The molecule has 0 aliphatic carbocycles. The van der Waals surface area contributed by atoms with Crippen molar-refractivity contribution in [3.8, 4) is 0 Å². The van der Waals surface area contributed by atoms with Gasteiger partial charge < -0.3 is 19.2 Å². The maximum Gasteiger partial charge on any atom is 0.348 e. The molecular weight excluding hydrogens is 394 g/mol. The molecule has 0 atom stereocenters. The van der Waals surface area contributed by atoms with Crippen LogP contribution in [0.3, 0.4) is 0 Å². The van der Waals surface area contributed by atoms with Crippen LogP contribution in [0.2, 0.25) is 0 Å². The Balaban J connectivity index is 2.32. The summed E-state index contributed by atoms with van der Waals surface area (Å²) in [6, 6.07) is 3.52. The molecule has 0 bridgehead atoms. The third-order valence-corrected chi connectivity index (χ3v) is 4.81. The first-order valence-corrected chi connectivity index (χ1v) is 10.0. The molecule has 8 heteroatoms. The minimum absolute atomic E-state index is 0.148. The minimum Gasteiger partial charge on any atom is -0.462 e. The molecule has 7 nitrogen and oxygen atoms in total. The Morgan fingerprint density at radius 2 is 1.66 bits per heavy atom. The highest BCUT2D eigenvalue weighted by atomic mass is 32.1. The maximum atomic E-state index is 12.6. The number of esters is 2. The first kappa shape index (κ1) is 22.4. The van der Waals surface area contributed by atoms with Gasteiger partial charge >= 0.3 is 11.9 Å². The van der Waals surface area contributed by atoms with Gasteiger partial charge in [0.15, 0.2) is 0 Å². The number of hydrogen-bond acceptors (Lipinski definition) is 7. The van der Waals surface area contributed by atoms with Crippen molar-refractivity contribution in [2.75, 3.05) is 5.32 Å². The van der Waals surface area contributed by atoms with Crippen LogP contribution < -0.4 is 5.32 Å². The van der Waals surface area contributed by atoms with Gasteiger partial charge in [0.1, 0.15) is 21.4 Å². The van der Waals surface area contributed by atoms with Crippen LogP contribution in [0.5, 0.6) is 0 Å². The van der Waals surface area contributed by atoms with Gasteiger partial charge in [0, 0.05) is 6.08 Å². The molecule has 0 radical (unpaired) electrons. The lowest BCUT2D eigenvalue weighted by molar-refractivity contribution is -0.111. The molecule has 0 fully saturated rings. The fraction of sp³-hybridized carbons (Fsp3) is 0.381. The molecule has 29 heavy (non-hydrogen) atoms. The first-order chi connectivity index (χ1) is 13.6. The SMILES string of the molecule is Cc1ccc(C=CC(=O)Nc2sc(C(=O)OC(C)C)c(C)c2C(=O)OC(C)C)o1.